The number of anilines is 1. The van der Waals surface area contributed by atoms with Crippen molar-refractivity contribution >= 4 is 17.0 Å². The monoisotopic (exact) mass is 232 g/mol. The van der Waals surface area contributed by atoms with Gasteiger partial charge in [-0.3, -0.25) is 0 Å². The number of fused-ring (bicyclic) bond motifs is 1. The lowest BCUT2D eigenvalue weighted by molar-refractivity contribution is 0.592. The molecule has 0 bridgehead atoms. The van der Waals surface area contributed by atoms with Gasteiger partial charge in [0.15, 0.2) is 17.0 Å². The molecule has 0 aromatic carbocycles. The Morgan fingerprint density at radius 1 is 1.41 bits per heavy atom. The molecular weight excluding hydrogens is 216 g/mol. The fourth-order valence-electron chi connectivity index (χ4n) is 2.01. The molecule has 0 spiro atoms. The maximum atomic E-state index is 4.29. The van der Waals surface area contributed by atoms with Gasteiger partial charge in [-0.1, -0.05) is 12.1 Å². The van der Waals surface area contributed by atoms with Crippen LogP contribution in [0.25, 0.3) is 11.2 Å². The molecule has 1 saturated carbocycles. The zero-order chi connectivity index (χ0) is 12.0. The Morgan fingerprint density at radius 2 is 2.18 bits per heavy atom. The van der Waals surface area contributed by atoms with Crippen LogP contribution in [-0.2, 0) is 0 Å². The van der Waals surface area contributed by atoms with Crippen molar-refractivity contribution in [1.82, 2.24) is 25.0 Å². The highest BCUT2D eigenvalue weighted by Crippen LogP contribution is 2.43. The molecule has 0 aliphatic heterocycles. The fourth-order valence-corrected chi connectivity index (χ4v) is 2.01. The molecule has 0 amide bonds. The van der Waals surface area contributed by atoms with Crippen molar-refractivity contribution in [2.24, 2.45) is 5.92 Å². The van der Waals surface area contributed by atoms with Crippen molar-refractivity contribution < 1.29 is 0 Å². The van der Waals surface area contributed by atoms with Crippen molar-refractivity contribution in [3.8, 4) is 0 Å². The van der Waals surface area contributed by atoms with E-state index in [1.807, 2.05) is 4.68 Å². The summed E-state index contributed by atoms with van der Waals surface area (Å²) in [5.41, 5.74) is 1.60. The molecule has 2 aromatic rings. The van der Waals surface area contributed by atoms with Crippen LogP contribution in [-0.4, -0.2) is 31.0 Å². The van der Waals surface area contributed by atoms with Gasteiger partial charge in [-0.05, 0) is 26.2 Å². The van der Waals surface area contributed by atoms with E-state index >= 15 is 0 Å². The summed E-state index contributed by atoms with van der Waals surface area (Å²) in [6.45, 7) is 6.36. The minimum absolute atomic E-state index is 0.318. The first-order valence-corrected chi connectivity index (χ1v) is 5.99. The third kappa shape index (κ3) is 1.73. The number of rotatable bonds is 3. The molecule has 0 radical (unpaired) electrons. The minimum Gasteiger partial charge on any atom is -0.366 e. The van der Waals surface area contributed by atoms with E-state index in [4.69, 9.17) is 0 Å². The summed E-state index contributed by atoms with van der Waals surface area (Å²) in [5, 5.41) is 11.7. The standard InChI is InChI=1S/C11H16N6/c1-6(2)14-10-9-11(13-5-12-10)17(16-15-9)8-4-7(8)3/h5-8H,4H2,1-3H3,(H,12,13,14). The number of hydrogen-bond acceptors (Lipinski definition) is 5. The molecular formula is C11H16N6. The van der Waals surface area contributed by atoms with Gasteiger partial charge in [0.05, 0.1) is 6.04 Å². The Bertz CT molecular complexity index is 546. The van der Waals surface area contributed by atoms with Crippen LogP contribution in [0.2, 0.25) is 0 Å². The largest absolute Gasteiger partial charge is 0.366 e. The molecule has 0 saturated heterocycles. The Labute approximate surface area is 99.4 Å². The van der Waals surface area contributed by atoms with Gasteiger partial charge in [0.25, 0.3) is 0 Å². The molecule has 6 nitrogen and oxygen atoms in total. The van der Waals surface area contributed by atoms with E-state index < -0.39 is 0 Å². The molecule has 2 heterocycles. The van der Waals surface area contributed by atoms with E-state index in [0.717, 1.165) is 23.4 Å². The minimum atomic E-state index is 0.318. The molecule has 1 fully saturated rings. The molecule has 6 heteroatoms. The van der Waals surface area contributed by atoms with Crippen LogP contribution in [0.4, 0.5) is 5.82 Å². The highest BCUT2D eigenvalue weighted by molar-refractivity contribution is 5.82. The molecule has 90 valence electrons. The summed E-state index contributed by atoms with van der Waals surface area (Å²) in [5.74, 6) is 1.45. The predicted molar refractivity (Wildman–Crippen MR) is 64.7 cm³/mol. The van der Waals surface area contributed by atoms with E-state index in [1.54, 1.807) is 6.33 Å². The van der Waals surface area contributed by atoms with E-state index in [-0.39, 0.29) is 0 Å². The van der Waals surface area contributed by atoms with Crippen molar-refractivity contribution in [3.05, 3.63) is 6.33 Å². The molecule has 17 heavy (non-hydrogen) atoms. The summed E-state index contributed by atoms with van der Waals surface area (Å²) < 4.78 is 1.92. The van der Waals surface area contributed by atoms with E-state index in [1.165, 1.54) is 0 Å². The lowest BCUT2D eigenvalue weighted by Crippen LogP contribution is -2.11. The number of nitrogens with one attached hydrogen (secondary N) is 1. The van der Waals surface area contributed by atoms with Gasteiger partial charge in [-0.15, -0.1) is 5.10 Å². The summed E-state index contributed by atoms with van der Waals surface area (Å²) >= 11 is 0. The maximum absolute atomic E-state index is 4.29. The molecule has 1 aliphatic carbocycles. The quantitative estimate of drug-likeness (QED) is 0.871. The van der Waals surface area contributed by atoms with E-state index in [0.29, 0.717) is 18.0 Å². The third-order valence-corrected chi connectivity index (χ3v) is 3.07. The van der Waals surface area contributed by atoms with Gasteiger partial charge in [0.1, 0.15) is 6.33 Å². The highest BCUT2D eigenvalue weighted by atomic mass is 15.5. The normalized spacial score (nSPS) is 23.3. The van der Waals surface area contributed by atoms with Gasteiger partial charge in [-0.2, -0.15) is 0 Å². The SMILES string of the molecule is CC(C)Nc1ncnc2c1nnn2C1CC1C. The Hall–Kier alpha value is -1.72. The Kier molecular flexibility index (Phi) is 2.24. The van der Waals surface area contributed by atoms with Crippen LogP contribution in [0.15, 0.2) is 6.33 Å². The Morgan fingerprint density at radius 3 is 2.82 bits per heavy atom. The van der Waals surface area contributed by atoms with Gasteiger partial charge in [-0.25, -0.2) is 14.6 Å². The van der Waals surface area contributed by atoms with Crippen LogP contribution in [0.1, 0.15) is 33.2 Å². The zero-order valence-corrected chi connectivity index (χ0v) is 10.3. The summed E-state index contributed by atoms with van der Waals surface area (Å²) in [6.07, 6.45) is 2.73. The average Bonchev–Trinajstić information content (AvgIpc) is 2.85. The average molecular weight is 232 g/mol. The predicted octanol–water partition coefficient (Wildman–Crippen LogP) is 1.62. The molecule has 1 aliphatic rings. The van der Waals surface area contributed by atoms with Crippen LogP contribution in [0.3, 0.4) is 0 Å². The van der Waals surface area contributed by atoms with E-state index in [2.05, 4.69) is 46.4 Å². The second kappa shape index (κ2) is 3.65. The van der Waals surface area contributed by atoms with Crippen LogP contribution >= 0.6 is 0 Å². The third-order valence-electron chi connectivity index (χ3n) is 3.07. The van der Waals surface area contributed by atoms with Gasteiger partial charge >= 0.3 is 0 Å². The fraction of sp³-hybridized carbons (Fsp3) is 0.636. The maximum Gasteiger partial charge on any atom is 0.184 e. The van der Waals surface area contributed by atoms with Crippen molar-refractivity contribution in [2.45, 2.75) is 39.3 Å². The van der Waals surface area contributed by atoms with Crippen LogP contribution in [0, 0.1) is 5.92 Å². The lowest BCUT2D eigenvalue weighted by Gasteiger charge is -2.08. The first kappa shape index (κ1) is 10.4. The topological polar surface area (TPSA) is 68.5 Å². The highest BCUT2D eigenvalue weighted by Gasteiger charge is 2.37. The van der Waals surface area contributed by atoms with Crippen LogP contribution < -0.4 is 5.32 Å². The van der Waals surface area contributed by atoms with Gasteiger partial charge in [0, 0.05) is 6.04 Å². The van der Waals surface area contributed by atoms with E-state index in [9.17, 15) is 0 Å². The summed E-state index contributed by atoms with van der Waals surface area (Å²) in [6, 6.07) is 0.778. The lowest BCUT2D eigenvalue weighted by atomic mass is 10.4. The van der Waals surface area contributed by atoms with Gasteiger partial charge in [0.2, 0.25) is 0 Å². The smallest absolute Gasteiger partial charge is 0.184 e. The first-order valence-electron chi connectivity index (χ1n) is 5.99. The van der Waals surface area contributed by atoms with Crippen molar-refractivity contribution in [3.63, 3.8) is 0 Å². The van der Waals surface area contributed by atoms with Gasteiger partial charge < -0.3 is 5.32 Å². The zero-order valence-electron chi connectivity index (χ0n) is 10.3. The second-order valence-electron chi connectivity index (χ2n) is 5.01. The molecule has 2 unspecified atom stereocenters. The number of hydrogen-bond donors (Lipinski definition) is 1. The molecule has 1 N–H and O–H groups in total. The second-order valence-corrected chi connectivity index (χ2v) is 5.01. The summed E-state index contributed by atoms with van der Waals surface area (Å²) in [4.78, 5) is 8.51. The molecule has 2 aromatic heterocycles. The van der Waals surface area contributed by atoms with Crippen molar-refractivity contribution in [2.75, 3.05) is 5.32 Å². The van der Waals surface area contributed by atoms with Crippen molar-refractivity contribution in [1.29, 1.82) is 0 Å². The number of aromatic nitrogens is 5. The first-order chi connectivity index (χ1) is 8.16. The van der Waals surface area contributed by atoms with Crippen LogP contribution in [0.5, 0.6) is 0 Å². The Balaban J connectivity index is 2.05. The molecule has 2 atom stereocenters. The summed E-state index contributed by atoms with van der Waals surface area (Å²) in [7, 11) is 0. The molecule has 3 rings (SSSR count). The number of nitrogens with zero attached hydrogens (tertiary/aromatic N) is 5.